The molecule has 150 valence electrons. The van der Waals surface area contributed by atoms with Crippen molar-refractivity contribution in [1.29, 1.82) is 0 Å². The van der Waals surface area contributed by atoms with E-state index in [1.807, 2.05) is 34.6 Å². The van der Waals surface area contributed by atoms with Crippen molar-refractivity contribution >= 4 is 17.7 Å². The van der Waals surface area contributed by atoms with E-state index >= 15 is 0 Å². The third kappa shape index (κ3) is 6.08. The highest BCUT2D eigenvalue weighted by atomic mass is 16.5. The smallest absolute Gasteiger partial charge is 0.233 e. The number of amides is 3. The molecule has 26 heavy (non-hydrogen) atoms. The Morgan fingerprint density at radius 3 is 2.38 bits per heavy atom. The van der Waals surface area contributed by atoms with Crippen molar-refractivity contribution < 1.29 is 19.1 Å². The predicted molar refractivity (Wildman–Crippen MR) is 102 cm³/mol. The number of carbonyl (C=O) groups is 3. The quantitative estimate of drug-likeness (QED) is 0.569. The molecule has 1 rings (SSSR count). The zero-order valence-electron chi connectivity index (χ0n) is 17.3. The fourth-order valence-electron chi connectivity index (χ4n) is 3.16. The molecule has 0 bridgehead atoms. The number of carbonyl (C=O) groups excluding carboxylic acids is 3. The van der Waals surface area contributed by atoms with Crippen molar-refractivity contribution in [3.63, 3.8) is 0 Å². The maximum Gasteiger partial charge on any atom is 0.233 e. The number of hydrogen-bond donors (Lipinski definition) is 1. The lowest BCUT2D eigenvalue weighted by atomic mass is 9.95. The van der Waals surface area contributed by atoms with Crippen LogP contribution in [0, 0.1) is 5.92 Å². The molecule has 0 aromatic heterocycles. The molecular formula is C20H36N2O4. The summed E-state index contributed by atoms with van der Waals surface area (Å²) in [5, 5.41) is 2.88. The fraction of sp³-hybridized carbons (Fsp3) is 0.850. The van der Waals surface area contributed by atoms with Gasteiger partial charge >= 0.3 is 0 Å². The van der Waals surface area contributed by atoms with E-state index in [-0.39, 0.29) is 29.2 Å². The summed E-state index contributed by atoms with van der Waals surface area (Å²) < 4.78 is 6.10. The Morgan fingerprint density at radius 2 is 1.88 bits per heavy atom. The molecule has 1 aliphatic rings. The van der Waals surface area contributed by atoms with Gasteiger partial charge in [0.1, 0.15) is 0 Å². The summed E-state index contributed by atoms with van der Waals surface area (Å²) in [4.78, 5) is 37.6. The number of rotatable bonds is 11. The Balaban J connectivity index is 2.53. The maximum absolute atomic E-state index is 12.3. The molecule has 1 fully saturated rings. The van der Waals surface area contributed by atoms with Crippen LogP contribution in [0.25, 0.3) is 0 Å². The Morgan fingerprint density at radius 1 is 1.23 bits per heavy atom. The van der Waals surface area contributed by atoms with Crippen LogP contribution in [0.4, 0.5) is 0 Å². The SMILES string of the molecule is CCCNC(=O)CCC(C)(CC)OCCC(C)(C)N1C(=O)CC(C)C1=O. The first-order valence-electron chi connectivity index (χ1n) is 9.84. The molecule has 0 radical (unpaired) electrons. The molecule has 0 aromatic carbocycles. The van der Waals surface area contributed by atoms with Gasteiger partial charge in [-0.15, -0.1) is 0 Å². The van der Waals surface area contributed by atoms with Crippen LogP contribution in [0.2, 0.25) is 0 Å². The van der Waals surface area contributed by atoms with Crippen molar-refractivity contribution in [2.75, 3.05) is 13.2 Å². The largest absolute Gasteiger partial charge is 0.375 e. The number of nitrogens with zero attached hydrogens (tertiary/aromatic N) is 1. The molecule has 6 heteroatoms. The topological polar surface area (TPSA) is 75.7 Å². The molecule has 1 N–H and O–H groups in total. The van der Waals surface area contributed by atoms with Gasteiger partial charge in [0, 0.05) is 37.5 Å². The van der Waals surface area contributed by atoms with Crippen molar-refractivity contribution in [3.05, 3.63) is 0 Å². The van der Waals surface area contributed by atoms with E-state index in [9.17, 15) is 14.4 Å². The van der Waals surface area contributed by atoms with E-state index in [4.69, 9.17) is 4.74 Å². The number of imide groups is 1. The van der Waals surface area contributed by atoms with E-state index in [2.05, 4.69) is 5.32 Å². The molecule has 1 heterocycles. The summed E-state index contributed by atoms with van der Waals surface area (Å²) in [6.45, 7) is 12.8. The Hall–Kier alpha value is -1.43. The van der Waals surface area contributed by atoms with Gasteiger partial charge in [0.25, 0.3) is 0 Å². The van der Waals surface area contributed by atoms with Gasteiger partial charge in [-0.1, -0.05) is 20.8 Å². The number of nitrogens with one attached hydrogen (secondary N) is 1. The van der Waals surface area contributed by atoms with Gasteiger partial charge in [-0.25, -0.2) is 0 Å². The maximum atomic E-state index is 12.3. The number of likely N-dealkylation sites (tertiary alicyclic amines) is 1. The minimum absolute atomic E-state index is 0.0534. The minimum Gasteiger partial charge on any atom is -0.375 e. The average Bonchev–Trinajstić information content (AvgIpc) is 2.83. The van der Waals surface area contributed by atoms with Gasteiger partial charge in [0.2, 0.25) is 17.7 Å². The third-order valence-electron chi connectivity index (χ3n) is 5.34. The van der Waals surface area contributed by atoms with Gasteiger partial charge in [-0.05, 0) is 46.5 Å². The summed E-state index contributed by atoms with van der Waals surface area (Å²) in [6.07, 6.45) is 3.69. The second kappa shape index (κ2) is 9.49. The molecule has 1 saturated heterocycles. The summed E-state index contributed by atoms with van der Waals surface area (Å²) in [5.41, 5.74) is -0.946. The Labute approximate surface area is 158 Å². The van der Waals surface area contributed by atoms with Crippen LogP contribution in [-0.4, -0.2) is 46.9 Å². The first kappa shape index (κ1) is 22.6. The molecule has 0 aliphatic carbocycles. The monoisotopic (exact) mass is 368 g/mol. The van der Waals surface area contributed by atoms with Gasteiger partial charge in [0.15, 0.2) is 0 Å². The molecule has 0 spiro atoms. The zero-order valence-corrected chi connectivity index (χ0v) is 17.3. The summed E-state index contributed by atoms with van der Waals surface area (Å²) in [7, 11) is 0. The van der Waals surface area contributed by atoms with Gasteiger partial charge in [0.05, 0.1) is 5.60 Å². The summed E-state index contributed by atoms with van der Waals surface area (Å²) >= 11 is 0. The van der Waals surface area contributed by atoms with E-state index in [1.54, 1.807) is 6.92 Å². The average molecular weight is 369 g/mol. The number of ether oxygens (including phenoxy) is 1. The van der Waals surface area contributed by atoms with E-state index in [1.165, 1.54) is 4.90 Å². The van der Waals surface area contributed by atoms with Crippen LogP contribution >= 0.6 is 0 Å². The minimum atomic E-state index is -0.563. The molecule has 0 saturated carbocycles. The molecule has 6 nitrogen and oxygen atoms in total. The molecule has 1 aliphatic heterocycles. The predicted octanol–water partition coefficient (Wildman–Crippen LogP) is 3.04. The highest BCUT2D eigenvalue weighted by Crippen LogP contribution is 2.30. The first-order valence-corrected chi connectivity index (χ1v) is 9.84. The highest BCUT2D eigenvalue weighted by molar-refractivity contribution is 6.04. The van der Waals surface area contributed by atoms with E-state index in [0.29, 0.717) is 38.8 Å². The van der Waals surface area contributed by atoms with E-state index in [0.717, 1.165) is 12.8 Å². The molecule has 2 unspecified atom stereocenters. The Kier molecular flexibility index (Phi) is 8.25. The first-order chi connectivity index (χ1) is 12.1. The summed E-state index contributed by atoms with van der Waals surface area (Å²) in [6, 6.07) is 0. The molecule has 0 aromatic rings. The summed E-state index contributed by atoms with van der Waals surface area (Å²) in [5.74, 6) is -0.368. The van der Waals surface area contributed by atoms with Crippen LogP contribution < -0.4 is 5.32 Å². The molecule has 3 amide bonds. The standard InChI is InChI=1S/C20H36N2O4/c1-7-12-21-16(23)9-10-20(6,8-2)26-13-11-19(4,5)22-17(24)14-15(3)18(22)25/h15H,7-14H2,1-6H3,(H,21,23). The van der Waals surface area contributed by atoms with Crippen LogP contribution in [0.1, 0.15) is 80.1 Å². The lowest BCUT2D eigenvalue weighted by molar-refractivity contribution is -0.147. The lowest BCUT2D eigenvalue weighted by Gasteiger charge is -2.36. The van der Waals surface area contributed by atoms with Gasteiger partial charge in [-0.2, -0.15) is 0 Å². The molecular weight excluding hydrogens is 332 g/mol. The Bertz CT molecular complexity index is 518. The van der Waals surface area contributed by atoms with E-state index < -0.39 is 5.54 Å². The lowest BCUT2D eigenvalue weighted by Crippen LogP contribution is -2.48. The highest BCUT2D eigenvalue weighted by Gasteiger charge is 2.44. The number of hydrogen-bond acceptors (Lipinski definition) is 4. The normalized spacial score (nSPS) is 20.4. The van der Waals surface area contributed by atoms with Crippen molar-refractivity contribution in [1.82, 2.24) is 10.2 Å². The molecule has 2 atom stereocenters. The van der Waals surface area contributed by atoms with Crippen LogP contribution in [0.5, 0.6) is 0 Å². The zero-order chi connectivity index (χ0) is 20.0. The second-order valence-electron chi connectivity index (χ2n) is 8.24. The third-order valence-corrected chi connectivity index (χ3v) is 5.34. The van der Waals surface area contributed by atoms with Crippen molar-refractivity contribution in [3.8, 4) is 0 Å². The fourth-order valence-corrected chi connectivity index (χ4v) is 3.16. The second-order valence-corrected chi connectivity index (χ2v) is 8.24. The van der Waals surface area contributed by atoms with Crippen LogP contribution in [0.15, 0.2) is 0 Å². The van der Waals surface area contributed by atoms with Gasteiger partial charge in [-0.3, -0.25) is 19.3 Å². The van der Waals surface area contributed by atoms with Crippen LogP contribution in [-0.2, 0) is 19.1 Å². The van der Waals surface area contributed by atoms with Crippen molar-refractivity contribution in [2.45, 2.75) is 91.2 Å². The van der Waals surface area contributed by atoms with Crippen LogP contribution in [0.3, 0.4) is 0 Å². The van der Waals surface area contributed by atoms with Crippen molar-refractivity contribution in [2.24, 2.45) is 5.92 Å². The van der Waals surface area contributed by atoms with Gasteiger partial charge < -0.3 is 10.1 Å².